The Balaban J connectivity index is 0.00000121. The molecule has 1 radical (unpaired) electrons. The van der Waals surface area contributed by atoms with E-state index < -0.39 is 0 Å². The second-order valence-electron chi connectivity index (χ2n) is 6.78. The van der Waals surface area contributed by atoms with E-state index in [1.54, 1.807) is 0 Å². The standard InChI is InChI=1S/C18H21BN.CH3.Ir/c1-18(2,3)14-8-7-9-15(12-14)20-13-19(4)16-10-5-6-11-17(16)20;;/h5-8,10-12H,13H2,1-4H3;1H3;/q2*-1;. The third kappa shape index (κ3) is 3.47. The van der Waals surface area contributed by atoms with Crippen LogP contribution in [-0.4, -0.2) is 13.2 Å². The first-order valence-electron chi connectivity index (χ1n) is 7.35. The Morgan fingerprint density at radius 1 is 1.14 bits per heavy atom. The van der Waals surface area contributed by atoms with Crippen LogP contribution in [0.2, 0.25) is 6.82 Å². The molecule has 0 saturated carbocycles. The Hall–Kier alpha value is -1.05. The number of para-hydroxylation sites is 1. The van der Waals surface area contributed by atoms with Gasteiger partial charge in [-0.15, -0.1) is 6.07 Å². The number of hydrogen-bond acceptors (Lipinski definition) is 1. The van der Waals surface area contributed by atoms with Crippen LogP contribution in [0, 0.1) is 13.5 Å². The molecule has 0 N–H and O–H groups in total. The van der Waals surface area contributed by atoms with E-state index in [-0.39, 0.29) is 32.9 Å². The monoisotopic (exact) mass is 470 g/mol. The van der Waals surface area contributed by atoms with Gasteiger partial charge in [0.1, 0.15) is 0 Å². The largest absolute Gasteiger partial charge is 0.373 e. The summed E-state index contributed by atoms with van der Waals surface area (Å²) in [4.78, 5) is 2.40. The Morgan fingerprint density at radius 2 is 1.82 bits per heavy atom. The zero-order valence-corrected chi connectivity index (χ0v) is 16.5. The third-order valence-electron chi connectivity index (χ3n) is 4.16. The SMILES string of the molecule is CB1CN(c2[c-]ccc(C(C)(C)C)c2)c2ccccc21.[CH3-].[Ir]. The van der Waals surface area contributed by atoms with Gasteiger partial charge in [0.2, 0.25) is 0 Å². The number of benzene rings is 2. The first-order chi connectivity index (χ1) is 9.47. The van der Waals surface area contributed by atoms with E-state index in [1.807, 2.05) is 0 Å². The maximum absolute atomic E-state index is 3.41. The maximum atomic E-state index is 3.41. The summed E-state index contributed by atoms with van der Waals surface area (Å²) >= 11 is 0. The van der Waals surface area contributed by atoms with E-state index in [1.165, 1.54) is 22.4 Å². The van der Waals surface area contributed by atoms with Gasteiger partial charge < -0.3 is 12.3 Å². The molecule has 1 heterocycles. The van der Waals surface area contributed by atoms with Gasteiger partial charge >= 0.3 is 0 Å². The number of nitrogens with zero attached hydrogens (tertiary/aromatic N) is 1. The summed E-state index contributed by atoms with van der Waals surface area (Å²) in [6, 6.07) is 18.6. The molecule has 0 aliphatic carbocycles. The van der Waals surface area contributed by atoms with Gasteiger partial charge in [-0.25, -0.2) is 0 Å². The predicted octanol–water partition coefficient (Wildman–Crippen LogP) is 4.25. The van der Waals surface area contributed by atoms with Crippen molar-refractivity contribution in [1.29, 1.82) is 0 Å². The molecule has 0 unspecified atom stereocenters. The van der Waals surface area contributed by atoms with Gasteiger partial charge in [0, 0.05) is 32.2 Å². The van der Waals surface area contributed by atoms with Gasteiger partial charge in [-0.1, -0.05) is 56.9 Å². The van der Waals surface area contributed by atoms with Gasteiger partial charge in [0.05, 0.1) is 0 Å². The second-order valence-corrected chi connectivity index (χ2v) is 6.78. The second kappa shape index (κ2) is 7.02. The quantitative estimate of drug-likeness (QED) is 0.446. The van der Waals surface area contributed by atoms with Crippen LogP contribution in [0.5, 0.6) is 0 Å². The molecule has 1 aliphatic rings. The fourth-order valence-corrected chi connectivity index (χ4v) is 2.92. The molecule has 0 spiro atoms. The van der Waals surface area contributed by atoms with Crippen molar-refractivity contribution >= 4 is 23.6 Å². The van der Waals surface area contributed by atoms with E-state index in [9.17, 15) is 0 Å². The van der Waals surface area contributed by atoms with Crippen molar-refractivity contribution in [2.45, 2.75) is 33.0 Å². The fraction of sp³-hybridized carbons (Fsp3) is 0.316. The van der Waals surface area contributed by atoms with Crippen molar-refractivity contribution < 1.29 is 20.1 Å². The topological polar surface area (TPSA) is 3.24 Å². The summed E-state index contributed by atoms with van der Waals surface area (Å²) in [7, 11) is 0. The van der Waals surface area contributed by atoms with Crippen LogP contribution >= 0.6 is 0 Å². The molecule has 3 rings (SSSR count). The van der Waals surface area contributed by atoms with Crippen molar-refractivity contribution in [3.63, 3.8) is 0 Å². The van der Waals surface area contributed by atoms with Gasteiger partial charge in [0.25, 0.3) is 0 Å². The number of fused-ring (bicyclic) bond motifs is 1. The van der Waals surface area contributed by atoms with Crippen molar-refractivity contribution in [2.24, 2.45) is 0 Å². The first-order valence-corrected chi connectivity index (χ1v) is 7.35. The van der Waals surface area contributed by atoms with Crippen molar-refractivity contribution in [3.05, 3.63) is 61.5 Å². The molecular formula is C19H24BIrN-2. The van der Waals surface area contributed by atoms with Gasteiger partial charge in [0.15, 0.2) is 6.71 Å². The molecule has 1 nitrogen and oxygen atoms in total. The van der Waals surface area contributed by atoms with E-state index in [4.69, 9.17) is 0 Å². The van der Waals surface area contributed by atoms with E-state index in [0.717, 1.165) is 6.44 Å². The Morgan fingerprint density at radius 3 is 2.50 bits per heavy atom. The normalized spacial score (nSPS) is 13.3. The molecule has 22 heavy (non-hydrogen) atoms. The van der Waals surface area contributed by atoms with Crippen molar-refractivity contribution in [2.75, 3.05) is 11.3 Å². The Labute approximate surface area is 149 Å². The van der Waals surface area contributed by atoms with Crippen molar-refractivity contribution in [3.8, 4) is 0 Å². The molecule has 3 heteroatoms. The number of anilines is 2. The summed E-state index contributed by atoms with van der Waals surface area (Å²) in [5, 5.41) is 0. The van der Waals surface area contributed by atoms with Crippen molar-refractivity contribution in [1.82, 2.24) is 0 Å². The summed E-state index contributed by atoms with van der Waals surface area (Å²) in [5.41, 5.74) is 5.51. The van der Waals surface area contributed by atoms with Gasteiger partial charge in [-0.05, 0) is 11.5 Å². The van der Waals surface area contributed by atoms with Crippen LogP contribution in [0.3, 0.4) is 0 Å². The maximum Gasteiger partial charge on any atom is 0.197 e. The zero-order valence-electron chi connectivity index (χ0n) is 14.1. The molecule has 0 atom stereocenters. The predicted molar refractivity (Wildman–Crippen MR) is 95.1 cm³/mol. The molecule has 1 aliphatic heterocycles. The molecule has 0 fully saturated rings. The molecule has 119 valence electrons. The minimum atomic E-state index is 0. The summed E-state index contributed by atoms with van der Waals surface area (Å²) < 4.78 is 0. The molecule has 0 bridgehead atoms. The van der Waals surface area contributed by atoms with Crippen LogP contribution in [0.1, 0.15) is 26.3 Å². The molecule has 2 aromatic carbocycles. The van der Waals surface area contributed by atoms with Gasteiger partial charge in [-0.3, -0.25) is 0 Å². The Bertz CT molecular complexity index is 633. The van der Waals surface area contributed by atoms with E-state index >= 15 is 0 Å². The summed E-state index contributed by atoms with van der Waals surface area (Å²) in [6.07, 6.45) is 1.05. The van der Waals surface area contributed by atoms with Crippen LogP contribution in [0.25, 0.3) is 0 Å². The zero-order chi connectivity index (χ0) is 14.3. The summed E-state index contributed by atoms with van der Waals surface area (Å²) in [6.45, 7) is 9.65. The van der Waals surface area contributed by atoms with Crippen LogP contribution in [0.4, 0.5) is 11.4 Å². The molecule has 0 aromatic heterocycles. The molecule has 0 saturated heterocycles. The number of hydrogen-bond donors (Lipinski definition) is 0. The minimum absolute atomic E-state index is 0. The van der Waals surface area contributed by atoms with Gasteiger partial charge in [-0.2, -0.15) is 23.8 Å². The summed E-state index contributed by atoms with van der Waals surface area (Å²) in [5.74, 6) is 0. The average Bonchev–Trinajstić information content (AvgIpc) is 2.76. The molecule has 0 amide bonds. The first kappa shape index (κ1) is 19.0. The van der Waals surface area contributed by atoms with E-state index in [2.05, 4.69) is 81.0 Å². The van der Waals surface area contributed by atoms with Crippen LogP contribution < -0.4 is 10.4 Å². The average molecular weight is 469 g/mol. The van der Waals surface area contributed by atoms with E-state index in [0.29, 0.717) is 6.71 Å². The smallest absolute Gasteiger partial charge is 0.197 e. The molecule has 2 aromatic rings. The number of rotatable bonds is 1. The minimum Gasteiger partial charge on any atom is -0.373 e. The molecular weight excluding hydrogens is 445 g/mol. The van der Waals surface area contributed by atoms with Crippen LogP contribution in [0.15, 0.2) is 42.5 Å². The third-order valence-corrected chi connectivity index (χ3v) is 4.16. The van der Waals surface area contributed by atoms with Crippen LogP contribution in [-0.2, 0) is 25.5 Å². The fourth-order valence-electron chi connectivity index (χ4n) is 2.92. The Kier molecular flexibility index (Phi) is 6.06.